The zero-order valence-electron chi connectivity index (χ0n) is 16.0. The second-order valence-corrected chi connectivity index (χ2v) is 6.81. The van der Waals surface area contributed by atoms with Gasteiger partial charge in [0, 0.05) is 0 Å². The molecule has 0 bridgehead atoms. The van der Waals surface area contributed by atoms with Gasteiger partial charge in [-0.1, -0.05) is 54.6 Å². The van der Waals surface area contributed by atoms with Crippen LogP contribution in [0.15, 0.2) is 66.7 Å². The van der Waals surface area contributed by atoms with Crippen molar-refractivity contribution in [2.45, 2.75) is 25.3 Å². The van der Waals surface area contributed by atoms with Crippen molar-refractivity contribution >= 4 is 11.9 Å². The molecule has 0 heterocycles. The summed E-state index contributed by atoms with van der Waals surface area (Å²) in [4.78, 5) is 24.4. The van der Waals surface area contributed by atoms with E-state index in [-0.39, 0.29) is 30.4 Å². The first-order valence-corrected chi connectivity index (χ1v) is 9.46. The smallest absolute Gasteiger partial charge is 0.306 e. The molecule has 0 radical (unpaired) electrons. The Hall–Kier alpha value is -3.08. The summed E-state index contributed by atoms with van der Waals surface area (Å²) in [5.41, 5.74) is 1.87. The monoisotopic (exact) mass is 379 g/mol. The average Bonchev–Trinajstić information content (AvgIpc) is 3.24. The Morgan fingerprint density at radius 1 is 1.07 bits per heavy atom. The van der Waals surface area contributed by atoms with Crippen molar-refractivity contribution in [2.24, 2.45) is 5.92 Å². The highest BCUT2D eigenvalue weighted by Crippen LogP contribution is 2.24. The molecule has 0 unspecified atom stereocenters. The van der Waals surface area contributed by atoms with Crippen LogP contribution < -0.4 is 10.1 Å². The van der Waals surface area contributed by atoms with E-state index in [1.807, 2.05) is 60.7 Å². The topological polar surface area (TPSA) is 64.6 Å². The summed E-state index contributed by atoms with van der Waals surface area (Å²) < 4.78 is 10.4. The average molecular weight is 379 g/mol. The molecule has 5 heteroatoms. The fraction of sp³-hybridized carbons (Fsp3) is 0.304. The van der Waals surface area contributed by atoms with Gasteiger partial charge in [0.1, 0.15) is 5.75 Å². The summed E-state index contributed by atoms with van der Waals surface area (Å²) in [6, 6.07) is 16.9. The first-order valence-electron chi connectivity index (χ1n) is 9.46. The van der Waals surface area contributed by atoms with Crippen molar-refractivity contribution in [3.63, 3.8) is 0 Å². The molecule has 1 aliphatic carbocycles. The van der Waals surface area contributed by atoms with Crippen molar-refractivity contribution in [3.05, 3.63) is 77.9 Å². The van der Waals surface area contributed by atoms with Gasteiger partial charge in [-0.05, 0) is 42.0 Å². The molecule has 0 saturated carbocycles. The number of benzene rings is 2. The number of ether oxygens (including phenoxy) is 2. The molecule has 2 aromatic carbocycles. The van der Waals surface area contributed by atoms with E-state index >= 15 is 0 Å². The molecule has 5 nitrogen and oxygen atoms in total. The third kappa shape index (κ3) is 5.46. The fourth-order valence-corrected chi connectivity index (χ4v) is 3.29. The molecule has 2 aromatic rings. The standard InChI is InChI=1S/C23H25NO4/c1-27-20-13-11-19(12-14-20)23(18-9-3-2-4-10-18)24-21(25)16-28-22(26)15-17-7-5-6-8-17/h2-5,7,9-14,17,23H,6,8,15-16H2,1H3,(H,24,25)/t17-,23-/m1/s1. The third-order valence-corrected chi connectivity index (χ3v) is 4.79. The van der Waals surface area contributed by atoms with Gasteiger partial charge in [0.15, 0.2) is 6.61 Å². The van der Waals surface area contributed by atoms with Crippen molar-refractivity contribution in [3.8, 4) is 5.75 Å². The van der Waals surface area contributed by atoms with Crippen molar-refractivity contribution in [1.82, 2.24) is 5.32 Å². The van der Waals surface area contributed by atoms with Crippen LogP contribution in [0.2, 0.25) is 0 Å². The lowest BCUT2D eigenvalue weighted by atomic mass is 9.98. The highest BCUT2D eigenvalue weighted by Gasteiger charge is 2.19. The molecular formula is C23H25NO4. The van der Waals surface area contributed by atoms with Gasteiger partial charge in [-0.15, -0.1) is 0 Å². The van der Waals surface area contributed by atoms with E-state index in [0.717, 1.165) is 29.7 Å². The van der Waals surface area contributed by atoms with Crippen molar-refractivity contribution < 1.29 is 19.1 Å². The molecule has 3 rings (SSSR count). The lowest BCUT2D eigenvalue weighted by Crippen LogP contribution is -2.33. The second-order valence-electron chi connectivity index (χ2n) is 6.81. The molecule has 28 heavy (non-hydrogen) atoms. The normalized spacial score (nSPS) is 16.4. The Bertz CT molecular complexity index is 814. The fourth-order valence-electron chi connectivity index (χ4n) is 3.29. The molecule has 2 atom stereocenters. The number of nitrogens with one attached hydrogen (secondary N) is 1. The maximum Gasteiger partial charge on any atom is 0.306 e. The maximum absolute atomic E-state index is 12.4. The van der Waals surface area contributed by atoms with E-state index in [9.17, 15) is 9.59 Å². The van der Waals surface area contributed by atoms with Gasteiger partial charge >= 0.3 is 5.97 Å². The zero-order chi connectivity index (χ0) is 19.8. The van der Waals surface area contributed by atoms with Gasteiger partial charge in [-0.3, -0.25) is 9.59 Å². The van der Waals surface area contributed by atoms with Crippen LogP contribution >= 0.6 is 0 Å². The third-order valence-electron chi connectivity index (χ3n) is 4.79. The lowest BCUT2D eigenvalue weighted by molar-refractivity contribution is -0.149. The van der Waals surface area contributed by atoms with E-state index in [1.54, 1.807) is 7.11 Å². The van der Waals surface area contributed by atoms with Crippen LogP contribution in [0.3, 0.4) is 0 Å². The number of carbonyl (C=O) groups is 2. The summed E-state index contributed by atoms with van der Waals surface area (Å²) in [5, 5.41) is 2.97. The first-order chi connectivity index (χ1) is 13.7. The lowest BCUT2D eigenvalue weighted by Gasteiger charge is -2.20. The van der Waals surface area contributed by atoms with Gasteiger partial charge in [0.2, 0.25) is 0 Å². The molecule has 0 fully saturated rings. The van der Waals surface area contributed by atoms with Gasteiger partial charge < -0.3 is 14.8 Å². The van der Waals surface area contributed by atoms with E-state index in [4.69, 9.17) is 9.47 Å². The van der Waals surface area contributed by atoms with Crippen LogP contribution in [0.25, 0.3) is 0 Å². The van der Waals surface area contributed by atoms with Crippen LogP contribution in [0.4, 0.5) is 0 Å². The second kappa shape index (κ2) is 9.74. The minimum atomic E-state index is -0.340. The number of hydrogen-bond donors (Lipinski definition) is 1. The predicted octanol–water partition coefficient (Wildman–Crippen LogP) is 3.80. The van der Waals surface area contributed by atoms with Gasteiger partial charge in [0.25, 0.3) is 5.91 Å². The Morgan fingerprint density at radius 3 is 2.43 bits per heavy atom. The van der Waals surface area contributed by atoms with E-state index in [0.29, 0.717) is 6.42 Å². The van der Waals surface area contributed by atoms with Gasteiger partial charge in [0.05, 0.1) is 19.6 Å². The number of esters is 1. The quantitative estimate of drug-likeness (QED) is 0.560. The molecule has 0 aromatic heterocycles. The van der Waals surface area contributed by atoms with Crippen LogP contribution in [0, 0.1) is 5.92 Å². The minimum Gasteiger partial charge on any atom is -0.497 e. The van der Waals surface area contributed by atoms with E-state index < -0.39 is 0 Å². The molecule has 0 saturated heterocycles. The highest BCUT2D eigenvalue weighted by molar-refractivity contribution is 5.81. The summed E-state index contributed by atoms with van der Waals surface area (Å²) in [6.45, 7) is -0.283. The van der Waals surface area contributed by atoms with Crippen molar-refractivity contribution in [1.29, 1.82) is 0 Å². The molecule has 1 amide bonds. The number of methoxy groups -OCH3 is 1. The highest BCUT2D eigenvalue weighted by atomic mass is 16.5. The number of carbonyl (C=O) groups excluding carboxylic acids is 2. The molecule has 0 spiro atoms. The minimum absolute atomic E-state index is 0.229. The Morgan fingerprint density at radius 2 is 1.79 bits per heavy atom. The van der Waals surface area contributed by atoms with E-state index in [2.05, 4.69) is 11.4 Å². The Balaban J connectivity index is 1.62. The largest absolute Gasteiger partial charge is 0.497 e. The van der Waals surface area contributed by atoms with E-state index in [1.165, 1.54) is 0 Å². The SMILES string of the molecule is COc1ccc([C@H](NC(=O)COC(=O)C[C@@H]2C=CCC2)c2ccccc2)cc1. The van der Waals surface area contributed by atoms with Gasteiger partial charge in [-0.25, -0.2) is 0 Å². The van der Waals surface area contributed by atoms with Crippen LogP contribution in [-0.4, -0.2) is 25.6 Å². The summed E-state index contributed by atoms with van der Waals surface area (Å²) in [7, 11) is 1.61. The number of hydrogen-bond acceptors (Lipinski definition) is 4. The Labute approximate surface area is 165 Å². The van der Waals surface area contributed by atoms with Crippen LogP contribution in [0.5, 0.6) is 5.75 Å². The molecular weight excluding hydrogens is 354 g/mol. The molecule has 146 valence electrons. The van der Waals surface area contributed by atoms with Crippen LogP contribution in [0.1, 0.15) is 36.4 Å². The van der Waals surface area contributed by atoms with Crippen LogP contribution in [-0.2, 0) is 14.3 Å². The van der Waals surface area contributed by atoms with Gasteiger partial charge in [-0.2, -0.15) is 0 Å². The predicted molar refractivity (Wildman–Crippen MR) is 107 cm³/mol. The number of amides is 1. The number of allylic oxidation sites excluding steroid dienone is 2. The molecule has 1 aliphatic rings. The molecule has 0 aliphatic heterocycles. The maximum atomic E-state index is 12.4. The Kier molecular flexibility index (Phi) is 6.84. The number of rotatable bonds is 8. The zero-order valence-corrected chi connectivity index (χ0v) is 16.0. The summed E-state index contributed by atoms with van der Waals surface area (Å²) in [6.07, 6.45) is 6.40. The summed E-state index contributed by atoms with van der Waals surface area (Å²) in [5.74, 6) is 0.302. The molecule has 1 N–H and O–H groups in total. The van der Waals surface area contributed by atoms with Crippen molar-refractivity contribution in [2.75, 3.05) is 13.7 Å². The first kappa shape index (κ1) is 19.7. The summed E-state index contributed by atoms with van der Waals surface area (Å²) >= 11 is 0.